The van der Waals surface area contributed by atoms with E-state index in [1.807, 2.05) is 0 Å². The van der Waals surface area contributed by atoms with Crippen molar-refractivity contribution >= 4 is 5.91 Å². The molecule has 5 nitrogen and oxygen atoms in total. The molecule has 3 aliphatic rings. The van der Waals surface area contributed by atoms with Crippen LogP contribution < -0.4 is 0 Å². The van der Waals surface area contributed by atoms with Crippen molar-refractivity contribution in [3.63, 3.8) is 0 Å². The first-order valence-corrected chi connectivity index (χ1v) is 6.14. The summed E-state index contributed by atoms with van der Waals surface area (Å²) in [6.07, 6.45) is 2.97. The smallest absolute Gasteiger partial charge is 0.228 e. The van der Waals surface area contributed by atoms with Gasteiger partial charge in [0.25, 0.3) is 0 Å². The molecule has 0 spiro atoms. The number of carbonyl (C=O) groups is 1. The van der Waals surface area contributed by atoms with Gasteiger partial charge in [-0.25, -0.2) is 0 Å². The Morgan fingerprint density at radius 1 is 1.25 bits per heavy atom. The zero-order valence-electron chi connectivity index (χ0n) is 9.21. The van der Waals surface area contributed by atoms with Gasteiger partial charge in [0.15, 0.2) is 0 Å². The summed E-state index contributed by atoms with van der Waals surface area (Å²) < 4.78 is 0. The molecule has 0 aromatic heterocycles. The summed E-state index contributed by atoms with van der Waals surface area (Å²) in [5, 5.41) is 22.9. The number of carbonyl (C=O) groups excluding carboxylic acids is 1. The number of nitrogens with zero attached hydrogens (tertiary/aromatic N) is 2. The Kier molecular flexibility index (Phi) is 2.42. The van der Waals surface area contributed by atoms with Crippen LogP contribution in [0.3, 0.4) is 0 Å². The molecule has 3 rings (SSSR count). The largest absolute Gasteiger partial charge is 0.783 e. The predicted octanol–water partition coefficient (Wildman–Crippen LogP) is 0.278. The van der Waals surface area contributed by atoms with Crippen molar-refractivity contribution in [3.05, 3.63) is 5.21 Å². The van der Waals surface area contributed by atoms with Gasteiger partial charge in [0.05, 0.1) is 12.0 Å². The van der Waals surface area contributed by atoms with E-state index >= 15 is 0 Å². The Morgan fingerprint density at radius 2 is 2.00 bits per heavy atom. The molecule has 16 heavy (non-hydrogen) atoms. The maximum absolute atomic E-state index is 12.2. The summed E-state index contributed by atoms with van der Waals surface area (Å²) in [6, 6.07) is -0.185. The highest BCUT2D eigenvalue weighted by molar-refractivity contribution is 5.81. The lowest BCUT2D eigenvalue weighted by atomic mass is 9.81. The van der Waals surface area contributed by atoms with Crippen molar-refractivity contribution in [3.8, 4) is 0 Å². The van der Waals surface area contributed by atoms with E-state index in [2.05, 4.69) is 0 Å². The molecule has 0 radical (unpaired) electrons. The Balaban J connectivity index is 1.90. The third-order valence-corrected chi connectivity index (χ3v) is 4.25. The van der Waals surface area contributed by atoms with Crippen molar-refractivity contribution < 1.29 is 9.90 Å². The second kappa shape index (κ2) is 3.68. The van der Waals surface area contributed by atoms with Crippen LogP contribution in [-0.4, -0.2) is 45.8 Å². The fraction of sp³-hybridized carbons (Fsp3) is 0.909. The Morgan fingerprint density at radius 3 is 2.81 bits per heavy atom. The average Bonchev–Trinajstić information content (AvgIpc) is 2.69. The molecule has 1 aliphatic carbocycles. The molecular weight excluding hydrogens is 208 g/mol. The van der Waals surface area contributed by atoms with Gasteiger partial charge >= 0.3 is 0 Å². The highest BCUT2D eigenvalue weighted by Gasteiger charge is 2.48. The van der Waals surface area contributed by atoms with Crippen molar-refractivity contribution in [2.75, 3.05) is 6.54 Å². The Labute approximate surface area is 94.6 Å². The van der Waals surface area contributed by atoms with Crippen LogP contribution in [0.25, 0.3) is 0 Å². The van der Waals surface area contributed by atoms with Crippen LogP contribution >= 0.6 is 0 Å². The van der Waals surface area contributed by atoms with Crippen LogP contribution in [0.5, 0.6) is 0 Å². The lowest BCUT2D eigenvalue weighted by Gasteiger charge is -2.55. The zero-order valence-corrected chi connectivity index (χ0v) is 9.21. The summed E-state index contributed by atoms with van der Waals surface area (Å²) in [5.74, 6) is -0.0221. The third-order valence-electron chi connectivity index (χ3n) is 4.25. The number of hydrogen-bond acceptors (Lipinski definition) is 4. The summed E-state index contributed by atoms with van der Waals surface area (Å²) >= 11 is 0. The fourth-order valence-corrected chi connectivity index (χ4v) is 3.42. The normalized spacial score (nSPS) is 44.4. The molecule has 0 aromatic rings. The van der Waals surface area contributed by atoms with E-state index in [9.17, 15) is 15.1 Å². The fourth-order valence-electron chi connectivity index (χ4n) is 3.42. The molecule has 5 heteroatoms. The quantitative estimate of drug-likeness (QED) is 0.643. The zero-order chi connectivity index (χ0) is 11.3. The van der Waals surface area contributed by atoms with E-state index in [1.165, 1.54) is 0 Å². The molecule has 90 valence electrons. The van der Waals surface area contributed by atoms with Crippen molar-refractivity contribution in [2.45, 2.75) is 50.4 Å². The molecule has 4 unspecified atom stereocenters. The second-order valence-electron chi connectivity index (χ2n) is 5.12. The van der Waals surface area contributed by atoms with Gasteiger partial charge in [-0.15, -0.1) is 0 Å². The second-order valence-corrected chi connectivity index (χ2v) is 5.12. The first-order valence-electron chi connectivity index (χ1n) is 6.14. The van der Waals surface area contributed by atoms with Crippen LogP contribution in [0.15, 0.2) is 0 Å². The number of hydroxylamine groups is 2. The van der Waals surface area contributed by atoms with E-state index in [-0.39, 0.29) is 17.9 Å². The lowest BCUT2D eigenvalue weighted by Crippen LogP contribution is -2.63. The van der Waals surface area contributed by atoms with Gasteiger partial charge in [0.2, 0.25) is 5.91 Å². The van der Waals surface area contributed by atoms with E-state index in [0.717, 1.165) is 30.7 Å². The van der Waals surface area contributed by atoms with Gasteiger partial charge in [0, 0.05) is 12.6 Å². The minimum Gasteiger partial charge on any atom is -0.783 e. The Bertz CT molecular complexity index is 304. The first-order chi connectivity index (χ1) is 7.70. The SMILES string of the molecule is O=C1C2CCCCC2N([O-])C2C(O)CCN12. The summed E-state index contributed by atoms with van der Waals surface area (Å²) in [7, 11) is 0. The summed E-state index contributed by atoms with van der Waals surface area (Å²) in [4.78, 5) is 13.8. The maximum atomic E-state index is 12.2. The van der Waals surface area contributed by atoms with Crippen LogP contribution in [0.1, 0.15) is 32.1 Å². The maximum Gasteiger partial charge on any atom is 0.228 e. The monoisotopic (exact) mass is 225 g/mol. The number of amides is 1. The minimum atomic E-state index is -0.663. The molecule has 1 amide bonds. The molecule has 1 saturated carbocycles. The highest BCUT2D eigenvalue weighted by atomic mass is 16.5. The van der Waals surface area contributed by atoms with Gasteiger partial charge in [-0.3, -0.25) is 4.79 Å². The van der Waals surface area contributed by atoms with E-state index in [1.54, 1.807) is 4.90 Å². The highest BCUT2D eigenvalue weighted by Crippen LogP contribution is 2.38. The van der Waals surface area contributed by atoms with E-state index in [0.29, 0.717) is 13.0 Å². The van der Waals surface area contributed by atoms with Gasteiger partial charge in [0.1, 0.15) is 6.17 Å². The molecule has 1 N–H and O–H groups in total. The van der Waals surface area contributed by atoms with Gasteiger partial charge in [-0.05, 0) is 19.3 Å². The molecule has 0 bridgehead atoms. The number of aliphatic hydroxyl groups is 1. The van der Waals surface area contributed by atoms with Crippen LogP contribution in [0, 0.1) is 11.1 Å². The van der Waals surface area contributed by atoms with Crippen LogP contribution in [0.4, 0.5) is 0 Å². The van der Waals surface area contributed by atoms with Gasteiger partial charge in [-0.1, -0.05) is 12.8 Å². The van der Waals surface area contributed by atoms with Crippen molar-refractivity contribution in [2.24, 2.45) is 5.92 Å². The predicted molar refractivity (Wildman–Crippen MR) is 57.1 cm³/mol. The van der Waals surface area contributed by atoms with E-state index < -0.39 is 12.3 Å². The number of hydrogen-bond donors (Lipinski definition) is 1. The van der Waals surface area contributed by atoms with Gasteiger partial charge < -0.3 is 20.3 Å². The van der Waals surface area contributed by atoms with Crippen molar-refractivity contribution in [1.82, 2.24) is 9.96 Å². The number of aliphatic hydroxyl groups excluding tert-OH is 1. The molecule has 2 saturated heterocycles. The van der Waals surface area contributed by atoms with Crippen LogP contribution in [-0.2, 0) is 4.79 Å². The number of rotatable bonds is 0. The first kappa shape index (κ1) is 10.5. The Hall–Kier alpha value is -0.650. The average molecular weight is 225 g/mol. The standard InChI is InChI=1S/C11H17N2O3/c14-9-5-6-12-10(9)13(16)8-4-2-1-3-7(8)11(12)15/h7-10,14H,1-6H2/q-1. The molecular formula is C11H17N2O3-. The summed E-state index contributed by atoms with van der Waals surface area (Å²) in [5.41, 5.74) is 0. The van der Waals surface area contributed by atoms with E-state index in [4.69, 9.17) is 0 Å². The van der Waals surface area contributed by atoms with Crippen LogP contribution in [0.2, 0.25) is 0 Å². The number of fused-ring (bicyclic) bond motifs is 2. The molecule has 2 aliphatic heterocycles. The molecule has 2 heterocycles. The molecule has 0 aromatic carbocycles. The summed E-state index contributed by atoms with van der Waals surface area (Å²) in [6.45, 7) is 0.534. The lowest BCUT2D eigenvalue weighted by molar-refractivity contribution is -0.156. The topological polar surface area (TPSA) is 66.8 Å². The molecule has 3 fully saturated rings. The molecule has 4 atom stereocenters. The van der Waals surface area contributed by atoms with Crippen molar-refractivity contribution in [1.29, 1.82) is 0 Å². The minimum absolute atomic E-state index is 0.0957. The third kappa shape index (κ3) is 1.31. The van der Waals surface area contributed by atoms with Gasteiger partial charge in [-0.2, -0.15) is 0 Å².